The highest BCUT2D eigenvalue weighted by molar-refractivity contribution is 7.89. The van der Waals surface area contributed by atoms with Crippen molar-refractivity contribution in [2.24, 2.45) is 0 Å². The van der Waals surface area contributed by atoms with Crippen molar-refractivity contribution in [1.29, 1.82) is 0 Å². The van der Waals surface area contributed by atoms with E-state index in [1.807, 2.05) is 4.72 Å². The van der Waals surface area contributed by atoms with E-state index in [2.05, 4.69) is 10.6 Å². The number of amides is 3. The van der Waals surface area contributed by atoms with E-state index in [1.54, 1.807) is 0 Å². The number of rotatable bonds is 5. The fraction of sp³-hybridized carbons (Fsp3) is 0.357. The molecular formula is C14H17N3O6S. The van der Waals surface area contributed by atoms with E-state index in [0.29, 0.717) is 18.5 Å². The molecule has 1 aromatic rings. The van der Waals surface area contributed by atoms with Gasteiger partial charge in [0.15, 0.2) is 0 Å². The third-order valence-corrected chi connectivity index (χ3v) is 4.23. The van der Waals surface area contributed by atoms with Gasteiger partial charge in [-0.3, -0.25) is 9.59 Å². The molecule has 130 valence electrons. The van der Waals surface area contributed by atoms with Gasteiger partial charge in [0.05, 0.1) is 6.26 Å². The van der Waals surface area contributed by atoms with Gasteiger partial charge in [0.1, 0.15) is 5.54 Å². The standard InChI is InChI=1S/C14H17N3O6S/c1-24(22,23)17-11(18)9-3-5-10(6-4-9)15-12(19)14(7-2-8-14)16-13(20)21/h3-6,16H,2,7-8H2,1H3,(H,15,19)(H,17,18)(H,20,21). The topological polar surface area (TPSA) is 142 Å². The van der Waals surface area contributed by atoms with Gasteiger partial charge in [-0.05, 0) is 43.5 Å². The average molecular weight is 355 g/mol. The minimum Gasteiger partial charge on any atom is -0.465 e. The van der Waals surface area contributed by atoms with Crippen molar-refractivity contribution in [3.8, 4) is 0 Å². The van der Waals surface area contributed by atoms with Crippen LogP contribution in [0.25, 0.3) is 0 Å². The molecule has 0 unspecified atom stereocenters. The fourth-order valence-electron chi connectivity index (χ4n) is 2.33. The van der Waals surface area contributed by atoms with Crippen molar-refractivity contribution in [2.75, 3.05) is 11.6 Å². The maximum atomic E-state index is 12.3. The Morgan fingerprint density at radius 3 is 2.12 bits per heavy atom. The molecular weight excluding hydrogens is 338 g/mol. The van der Waals surface area contributed by atoms with Crippen LogP contribution in [0.15, 0.2) is 24.3 Å². The summed E-state index contributed by atoms with van der Waals surface area (Å²) in [5.74, 6) is -1.25. The minimum atomic E-state index is -3.66. The lowest BCUT2D eigenvalue weighted by Crippen LogP contribution is -2.60. The number of carbonyl (C=O) groups excluding carboxylic acids is 2. The van der Waals surface area contributed by atoms with E-state index in [1.165, 1.54) is 24.3 Å². The van der Waals surface area contributed by atoms with Crippen molar-refractivity contribution in [3.05, 3.63) is 29.8 Å². The van der Waals surface area contributed by atoms with Crippen molar-refractivity contribution < 1.29 is 27.9 Å². The van der Waals surface area contributed by atoms with Crippen LogP contribution in [0.3, 0.4) is 0 Å². The number of carbonyl (C=O) groups is 3. The molecule has 10 heteroatoms. The molecule has 1 aliphatic rings. The van der Waals surface area contributed by atoms with Gasteiger partial charge in [-0.15, -0.1) is 0 Å². The molecule has 0 radical (unpaired) electrons. The maximum Gasteiger partial charge on any atom is 0.405 e. The van der Waals surface area contributed by atoms with E-state index >= 15 is 0 Å². The first-order valence-electron chi connectivity index (χ1n) is 7.06. The molecule has 1 aliphatic carbocycles. The second kappa shape index (κ2) is 6.48. The van der Waals surface area contributed by atoms with E-state index in [9.17, 15) is 22.8 Å². The van der Waals surface area contributed by atoms with Gasteiger partial charge >= 0.3 is 6.09 Å². The summed E-state index contributed by atoms with van der Waals surface area (Å²) in [5.41, 5.74) is -0.646. The van der Waals surface area contributed by atoms with Gasteiger partial charge in [-0.1, -0.05) is 0 Å². The van der Waals surface area contributed by atoms with Crippen LogP contribution < -0.4 is 15.4 Å². The van der Waals surface area contributed by atoms with Gasteiger partial charge < -0.3 is 15.7 Å². The Bertz CT molecular complexity index is 768. The predicted octanol–water partition coefficient (Wildman–Crippen LogP) is 0.505. The van der Waals surface area contributed by atoms with Crippen LogP contribution in [0.5, 0.6) is 0 Å². The van der Waals surface area contributed by atoms with Gasteiger partial charge in [-0.25, -0.2) is 17.9 Å². The lowest BCUT2D eigenvalue weighted by Gasteiger charge is -2.39. The Kier molecular flexibility index (Phi) is 4.78. The summed E-state index contributed by atoms with van der Waals surface area (Å²) in [6.45, 7) is 0. The Balaban J connectivity index is 2.05. The highest BCUT2D eigenvalue weighted by Gasteiger charge is 2.45. The van der Waals surface area contributed by atoms with Crippen LogP contribution in [-0.2, 0) is 14.8 Å². The number of sulfonamides is 1. The smallest absolute Gasteiger partial charge is 0.405 e. The molecule has 4 N–H and O–H groups in total. The van der Waals surface area contributed by atoms with Crippen LogP contribution in [0.2, 0.25) is 0 Å². The zero-order valence-corrected chi connectivity index (χ0v) is 13.6. The molecule has 0 heterocycles. The Hall–Kier alpha value is -2.62. The average Bonchev–Trinajstić information content (AvgIpc) is 2.41. The second-order valence-corrected chi connectivity index (χ2v) is 7.35. The monoisotopic (exact) mass is 355 g/mol. The summed E-state index contributed by atoms with van der Waals surface area (Å²) in [6, 6.07) is 5.58. The van der Waals surface area contributed by atoms with Gasteiger partial charge in [0.25, 0.3) is 5.91 Å². The highest BCUT2D eigenvalue weighted by atomic mass is 32.2. The Morgan fingerprint density at radius 2 is 1.71 bits per heavy atom. The third kappa shape index (κ3) is 4.22. The van der Waals surface area contributed by atoms with E-state index in [-0.39, 0.29) is 5.56 Å². The molecule has 2 rings (SSSR count). The summed E-state index contributed by atoms with van der Waals surface area (Å²) in [4.78, 5) is 34.8. The molecule has 9 nitrogen and oxygen atoms in total. The van der Waals surface area contributed by atoms with Crippen LogP contribution >= 0.6 is 0 Å². The van der Waals surface area contributed by atoms with Crippen molar-refractivity contribution in [1.82, 2.24) is 10.0 Å². The molecule has 0 aliphatic heterocycles. The van der Waals surface area contributed by atoms with Gasteiger partial charge in [-0.2, -0.15) is 0 Å². The molecule has 0 saturated heterocycles. The highest BCUT2D eigenvalue weighted by Crippen LogP contribution is 2.33. The molecule has 1 fully saturated rings. The van der Waals surface area contributed by atoms with Crippen LogP contribution in [-0.4, -0.2) is 43.2 Å². The number of benzene rings is 1. The van der Waals surface area contributed by atoms with Gasteiger partial charge in [0.2, 0.25) is 15.9 Å². The normalized spacial score (nSPS) is 15.7. The first-order valence-corrected chi connectivity index (χ1v) is 8.95. The minimum absolute atomic E-state index is 0.112. The molecule has 1 saturated carbocycles. The third-order valence-electron chi connectivity index (χ3n) is 3.67. The Morgan fingerprint density at radius 1 is 1.12 bits per heavy atom. The van der Waals surface area contributed by atoms with Crippen LogP contribution in [0, 0.1) is 0 Å². The molecule has 0 atom stereocenters. The summed E-state index contributed by atoms with van der Waals surface area (Å²) in [7, 11) is -3.66. The van der Waals surface area contributed by atoms with Crippen LogP contribution in [0.4, 0.5) is 10.5 Å². The Labute approximate surface area is 138 Å². The quantitative estimate of drug-likeness (QED) is 0.606. The molecule has 0 bridgehead atoms. The number of anilines is 1. The zero-order chi connectivity index (χ0) is 18.0. The molecule has 0 aromatic heterocycles. The number of hydrogen-bond acceptors (Lipinski definition) is 5. The molecule has 24 heavy (non-hydrogen) atoms. The first-order chi connectivity index (χ1) is 11.1. The van der Waals surface area contributed by atoms with Crippen molar-refractivity contribution in [3.63, 3.8) is 0 Å². The lowest BCUT2D eigenvalue weighted by atomic mass is 9.76. The molecule has 3 amide bonds. The van der Waals surface area contributed by atoms with Crippen molar-refractivity contribution >= 4 is 33.6 Å². The fourth-order valence-corrected chi connectivity index (χ4v) is 2.78. The van der Waals surface area contributed by atoms with Gasteiger partial charge in [0, 0.05) is 11.3 Å². The summed E-state index contributed by atoms with van der Waals surface area (Å²) in [5, 5.41) is 13.7. The number of nitrogens with one attached hydrogen (secondary N) is 3. The van der Waals surface area contributed by atoms with Crippen molar-refractivity contribution in [2.45, 2.75) is 24.8 Å². The molecule has 0 spiro atoms. The largest absolute Gasteiger partial charge is 0.465 e. The van der Waals surface area contributed by atoms with E-state index < -0.39 is 33.5 Å². The number of hydrogen-bond donors (Lipinski definition) is 4. The lowest BCUT2D eigenvalue weighted by molar-refractivity contribution is -0.125. The zero-order valence-electron chi connectivity index (χ0n) is 12.8. The maximum absolute atomic E-state index is 12.3. The van der Waals surface area contributed by atoms with E-state index in [4.69, 9.17) is 5.11 Å². The van der Waals surface area contributed by atoms with Crippen LogP contribution in [0.1, 0.15) is 29.6 Å². The van der Waals surface area contributed by atoms with E-state index in [0.717, 1.165) is 12.7 Å². The summed E-state index contributed by atoms with van der Waals surface area (Å²) >= 11 is 0. The second-order valence-electron chi connectivity index (χ2n) is 5.60. The molecule has 1 aromatic carbocycles. The summed E-state index contributed by atoms with van der Waals surface area (Å²) in [6.07, 6.45) is 1.18. The SMILES string of the molecule is CS(=O)(=O)NC(=O)c1ccc(NC(=O)C2(NC(=O)O)CCC2)cc1. The predicted molar refractivity (Wildman–Crippen MR) is 85.1 cm³/mol. The first kappa shape index (κ1) is 17.7. The summed E-state index contributed by atoms with van der Waals surface area (Å²) < 4.78 is 23.9. The number of carboxylic acid groups (broad SMARTS) is 1.